The lowest BCUT2D eigenvalue weighted by atomic mass is 10.1. The maximum atomic E-state index is 4.33. The number of nitrogens with zero attached hydrogens (tertiary/aromatic N) is 2. The fourth-order valence-electron chi connectivity index (χ4n) is 1.35. The highest BCUT2D eigenvalue weighted by Crippen LogP contribution is 2.18. The predicted octanol–water partition coefficient (Wildman–Crippen LogP) is 4.57. The minimum Gasteiger partial charge on any atom is -0.260 e. The first-order chi connectivity index (χ1) is 7.83. The second-order valence-corrected chi connectivity index (χ2v) is 4.47. The van der Waals surface area contributed by atoms with Crippen LogP contribution in [0.2, 0.25) is 0 Å². The van der Waals surface area contributed by atoms with Crippen molar-refractivity contribution >= 4 is 31.9 Å². The Kier molecular flexibility index (Phi) is 5.78. The number of alkyl halides is 2. The largest absolute Gasteiger partial charge is 0.260 e. The average molecular weight is 358 g/mol. The summed E-state index contributed by atoms with van der Waals surface area (Å²) >= 11 is 6.75. The van der Waals surface area contributed by atoms with Crippen molar-refractivity contribution in [2.24, 2.45) is 0 Å². The van der Waals surface area contributed by atoms with Gasteiger partial charge in [0, 0.05) is 34.2 Å². The Labute approximate surface area is 119 Å². The second kappa shape index (κ2) is 6.87. The molecule has 0 aliphatic rings. The van der Waals surface area contributed by atoms with Crippen molar-refractivity contribution in [3.05, 3.63) is 48.0 Å². The van der Waals surface area contributed by atoms with Crippen LogP contribution < -0.4 is 0 Å². The number of hydrogen-bond donors (Lipinski definition) is 0. The van der Waals surface area contributed by atoms with Crippen molar-refractivity contribution in [2.45, 2.75) is 18.1 Å². The van der Waals surface area contributed by atoms with E-state index in [1.54, 1.807) is 0 Å². The van der Waals surface area contributed by atoms with Gasteiger partial charge in [-0.3, -0.25) is 9.97 Å². The summed E-state index contributed by atoms with van der Waals surface area (Å²) in [5.74, 6) is 0. The van der Waals surface area contributed by atoms with Crippen LogP contribution in [-0.2, 0) is 10.7 Å². The van der Waals surface area contributed by atoms with Gasteiger partial charge in [0.15, 0.2) is 0 Å². The van der Waals surface area contributed by atoms with E-state index in [1.807, 2.05) is 24.5 Å². The number of pyridine rings is 2. The number of rotatable bonds is 3. The fraction of sp³-hybridized carbons (Fsp3) is 0.231. The highest BCUT2D eigenvalue weighted by molar-refractivity contribution is 9.08. The maximum Gasteiger partial charge on any atom is 0.0509 e. The number of halogens is 2. The topological polar surface area (TPSA) is 25.8 Å². The zero-order chi connectivity index (χ0) is 11.4. The minimum atomic E-state index is 0. The predicted molar refractivity (Wildman–Crippen MR) is 79.5 cm³/mol. The third-order valence-corrected chi connectivity index (χ3v) is 3.41. The molecule has 17 heavy (non-hydrogen) atoms. The van der Waals surface area contributed by atoms with Crippen LogP contribution in [-0.4, -0.2) is 9.97 Å². The summed E-state index contributed by atoms with van der Waals surface area (Å²) in [5, 5.41) is 1.57. The lowest BCUT2D eigenvalue weighted by Gasteiger charge is -2.02. The molecule has 90 valence electrons. The molecule has 0 radical (unpaired) electrons. The summed E-state index contributed by atoms with van der Waals surface area (Å²) in [6.45, 7) is 0. The highest BCUT2D eigenvalue weighted by Gasteiger charge is 1.99. The SMILES string of the molecule is BrCc1ccc(-c2ccc(CBr)nc2)cn1.C. The molecule has 2 rings (SSSR count). The van der Waals surface area contributed by atoms with Gasteiger partial charge in [-0.15, -0.1) is 0 Å². The van der Waals surface area contributed by atoms with Crippen LogP contribution in [0.3, 0.4) is 0 Å². The van der Waals surface area contributed by atoms with Crippen molar-refractivity contribution in [1.82, 2.24) is 9.97 Å². The van der Waals surface area contributed by atoms with Gasteiger partial charge in [-0.2, -0.15) is 0 Å². The van der Waals surface area contributed by atoms with Gasteiger partial charge in [-0.1, -0.05) is 51.4 Å². The Morgan fingerprint density at radius 1 is 0.765 bits per heavy atom. The molecule has 0 saturated heterocycles. The average Bonchev–Trinajstić information content (AvgIpc) is 2.39. The molecule has 0 aliphatic heterocycles. The second-order valence-electron chi connectivity index (χ2n) is 3.34. The smallest absolute Gasteiger partial charge is 0.0509 e. The molecule has 2 heterocycles. The molecule has 0 spiro atoms. The summed E-state index contributed by atoms with van der Waals surface area (Å²) in [6.07, 6.45) is 3.75. The van der Waals surface area contributed by atoms with Crippen molar-refractivity contribution in [3.63, 3.8) is 0 Å². The van der Waals surface area contributed by atoms with Gasteiger partial charge in [0.25, 0.3) is 0 Å². The van der Waals surface area contributed by atoms with E-state index in [4.69, 9.17) is 0 Å². The minimum absolute atomic E-state index is 0. The van der Waals surface area contributed by atoms with E-state index in [0.29, 0.717) is 0 Å². The molecular formula is C13H14Br2N2. The summed E-state index contributed by atoms with van der Waals surface area (Å²) < 4.78 is 0. The lowest BCUT2D eigenvalue weighted by molar-refractivity contribution is 1.17. The lowest BCUT2D eigenvalue weighted by Crippen LogP contribution is -1.88. The Balaban J connectivity index is 0.00000144. The first-order valence-corrected chi connectivity index (χ1v) is 7.10. The molecule has 2 aromatic rings. The third kappa shape index (κ3) is 3.61. The Bertz CT molecular complexity index is 406. The molecule has 0 unspecified atom stereocenters. The molecule has 4 heteroatoms. The summed E-state index contributed by atoms with van der Waals surface area (Å²) in [7, 11) is 0. The van der Waals surface area contributed by atoms with Crippen molar-refractivity contribution in [2.75, 3.05) is 0 Å². The first kappa shape index (κ1) is 14.3. The van der Waals surface area contributed by atoms with E-state index in [-0.39, 0.29) is 7.43 Å². The normalized spacial score (nSPS) is 9.76. The van der Waals surface area contributed by atoms with Gasteiger partial charge in [0.2, 0.25) is 0 Å². The Morgan fingerprint density at radius 3 is 1.41 bits per heavy atom. The zero-order valence-corrected chi connectivity index (χ0v) is 11.7. The fourth-order valence-corrected chi connectivity index (χ4v) is 2.01. The molecule has 2 aromatic heterocycles. The zero-order valence-electron chi connectivity index (χ0n) is 8.53. The van der Waals surface area contributed by atoms with E-state index in [9.17, 15) is 0 Å². The van der Waals surface area contributed by atoms with E-state index in [2.05, 4.69) is 54.0 Å². The molecule has 0 aliphatic carbocycles. The van der Waals surface area contributed by atoms with Crippen LogP contribution in [0.5, 0.6) is 0 Å². The molecule has 0 atom stereocenters. The van der Waals surface area contributed by atoms with Crippen molar-refractivity contribution in [3.8, 4) is 11.1 Å². The molecule has 0 saturated carbocycles. The van der Waals surface area contributed by atoms with Crippen LogP contribution in [0.1, 0.15) is 18.8 Å². The highest BCUT2D eigenvalue weighted by atomic mass is 79.9. The van der Waals surface area contributed by atoms with Crippen molar-refractivity contribution in [1.29, 1.82) is 0 Å². The molecule has 2 nitrogen and oxygen atoms in total. The van der Waals surface area contributed by atoms with E-state index >= 15 is 0 Å². The van der Waals surface area contributed by atoms with Crippen LogP contribution in [0.4, 0.5) is 0 Å². The number of hydrogen-bond acceptors (Lipinski definition) is 2. The van der Waals surface area contributed by atoms with Crippen LogP contribution in [0, 0.1) is 0 Å². The van der Waals surface area contributed by atoms with Gasteiger partial charge in [0.05, 0.1) is 11.4 Å². The van der Waals surface area contributed by atoms with Gasteiger partial charge >= 0.3 is 0 Å². The Hall–Kier alpha value is -0.740. The van der Waals surface area contributed by atoms with Gasteiger partial charge in [0.1, 0.15) is 0 Å². The molecule has 0 N–H and O–H groups in total. The standard InChI is InChI=1S/C12H10Br2N2.CH4/c13-5-11-3-1-9(7-15-11)10-2-4-12(6-14)16-8-10;/h1-4,7-8H,5-6H2;1H4. The van der Waals surface area contributed by atoms with E-state index in [0.717, 1.165) is 33.2 Å². The number of aromatic nitrogens is 2. The van der Waals surface area contributed by atoms with Crippen LogP contribution in [0.25, 0.3) is 11.1 Å². The first-order valence-electron chi connectivity index (χ1n) is 4.85. The van der Waals surface area contributed by atoms with Gasteiger partial charge in [-0.05, 0) is 12.1 Å². The molecular weight excluding hydrogens is 344 g/mol. The van der Waals surface area contributed by atoms with E-state index < -0.39 is 0 Å². The van der Waals surface area contributed by atoms with E-state index in [1.165, 1.54) is 0 Å². The van der Waals surface area contributed by atoms with Crippen LogP contribution >= 0.6 is 31.9 Å². The monoisotopic (exact) mass is 356 g/mol. The summed E-state index contributed by atoms with van der Waals surface area (Å²) in [5.41, 5.74) is 4.26. The molecule has 0 fully saturated rings. The third-order valence-electron chi connectivity index (χ3n) is 2.26. The van der Waals surface area contributed by atoms with Crippen molar-refractivity contribution < 1.29 is 0 Å². The van der Waals surface area contributed by atoms with Gasteiger partial charge in [-0.25, -0.2) is 0 Å². The summed E-state index contributed by atoms with van der Waals surface area (Å²) in [4.78, 5) is 8.66. The maximum absolute atomic E-state index is 4.33. The van der Waals surface area contributed by atoms with Crippen LogP contribution in [0.15, 0.2) is 36.7 Å². The van der Waals surface area contributed by atoms with Gasteiger partial charge < -0.3 is 0 Å². The molecule has 0 aromatic carbocycles. The summed E-state index contributed by atoms with van der Waals surface area (Å²) in [6, 6.07) is 8.16. The quantitative estimate of drug-likeness (QED) is 0.752. The molecule has 0 amide bonds. The Morgan fingerprint density at radius 2 is 1.18 bits per heavy atom. The molecule has 0 bridgehead atoms.